The zero-order valence-corrected chi connectivity index (χ0v) is 6.78. The Morgan fingerprint density at radius 2 is 2.45 bits per heavy atom. The molecule has 0 aliphatic heterocycles. The highest BCUT2D eigenvalue weighted by Crippen LogP contribution is 2.10. The van der Waals surface area contributed by atoms with Gasteiger partial charge in [0.2, 0.25) is 0 Å². The molecule has 1 heterocycles. The summed E-state index contributed by atoms with van der Waals surface area (Å²) >= 11 is 0. The SMILES string of the molecule is Cc1cc([C@@H](O)CN)n(C)n1. The Morgan fingerprint density at radius 1 is 1.82 bits per heavy atom. The van der Waals surface area contributed by atoms with E-state index in [9.17, 15) is 5.11 Å². The molecule has 0 aliphatic rings. The Bertz CT molecular complexity index is 244. The van der Waals surface area contributed by atoms with Crippen LogP contribution < -0.4 is 5.73 Å². The van der Waals surface area contributed by atoms with Crippen LogP contribution in [-0.4, -0.2) is 21.4 Å². The van der Waals surface area contributed by atoms with E-state index in [0.717, 1.165) is 11.4 Å². The highest BCUT2D eigenvalue weighted by molar-refractivity contribution is 5.11. The summed E-state index contributed by atoms with van der Waals surface area (Å²) in [6.07, 6.45) is -0.596. The van der Waals surface area contributed by atoms with Crippen molar-refractivity contribution < 1.29 is 5.11 Å². The summed E-state index contributed by atoms with van der Waals surface area (Å²) in [7, 11) is 1.79. The van der Waals surface area contributed by atoms with E-state index in [-0.39, 0.29) is 6.54 Å². The van der Waals surface area contributed by atoms with Crippen molar-refractivity contribution in [1.29, 1.82) is 0 Å². The van der Waals surface area contributed by atoms with Gasteiger partial charge in [-0.3, -0.25) is 4.68 Å². The first-order valence-electron chi connectivity index (χ1n) is 3.54. The standard InChI is InChI=1S/C7H13N3O/c1-5-3-6(7(11)4-8)10(2)9-5/h3,7,11H,4,8H2,1-2H3/t7-/m0/s1. The molecule has 1 aromatic heterocycles. The third-order valence-corrected chi connectivity index (χ3v) is 1.60. The Kier molecular flexibility index (Phi) is 2.26. The summed E-state index contributed by atoms with van der Waals surface area (Å²) in [6, 6.07) is 1.83. The molecule has 11 heavy (non-hydrogen) atoms. The summed E-state index contributed by atoms with van der Waals surface area (Å²) < 4.78 is 1.65. The minimum atomic E-state index is -0.596. The summed E-state index contributed by atoms with van der Waals surface area (Å²) in [4.78, 5) is 0. The van der Waals surface area contributed by atoms with Crippen LogP contribution in [0.3, 0.4) is 0 Å². The fourth-order valence-electron chi connectivity index (χ4n) is 1.06. The molecule has 0 aromatic carbocycles. The van der Waals surface area contributed by atoms with E-state index >= 15 is 0 Å². The van der Waals surface area contributed by atoms with Gasteiger partial charge in [-0.1, -0.05) is 0 Å². The summed E-state index contributed by atoms with van der Waals surface area (Å²) in [5.41, 5.74) is 6.96. The minimum absolute atomic E-state index is 0.235. The summed E-state index contributed by atoms with van der Waals surface area (Å²) in [6.45, 7) is 2.12. The fourth-order valence-corrected chi connectivity index (χ4v) is 1.06. The Morgan fingerprint density at radius 3 is 2.82 bits per heavy atom. The lowest BCUT2D eigenvalue weighted by molar-refractivity contribution is 0.177. The molecular formula is C7H13N3O. The normalized spacial score (nSPS) is 13.5. The number of nitrogens with two attached hydrogens (primary N) is 1. The molecule has 0 saturated heterocycles. The van der Waals surface area contributed by atoms with E-state index in [4.69, 9.17) is 5.73 Å². The number of nitrogens with zero attached hydrogens (tertiary/aromatic N) is 2. The van der Waals surface area contributed by atoms with Crippen LogP contribution in [0.4, 0.5) is 0 Å². The van der Waals surface area contributed by atoms with Gasteiger partial charge in [-0.15, -0.1) is 0 Å². The first-order chi connectivity index (χ1) is 5.15. The van der Waals surface area contributed by atoms with Crippen LogP contribution in [0.15, 0.2) is 6.07 Å². The Balaban J connectivity index is 2.93. The number of hydrogen-bond acceptors (Lipinski definition) is 3. The number of aliphatic hydroxyl groups is 1. The van der Waals surface area contributed by atoms with E-state index in [1.165, 1.54) is 0 Å². The lowest BCUT2D eigenvalue weighted by Gasteiger charge is -2.06. The first kappa shape index (κ1) is 8.23. The average Bonchev–Trinajstić information content (AvgIpc) is 2.28. The molecule has 0 radical (unpaired) electrons. The van der Waals surface area contributed by atoms with Crippen LogP contribution in [0.1, 0.15) is 17.5 Å². The van der Waals surface area contributed by atoms with Crippen LogP contribution in [0.5, 0.6) is 0 Å². The fraction of sp³-hybridized carbons (Fsp3) is 0.571. The molecule has 0 fully saturated rings. The summed E-state index contributed by atoms with van der Waals surface area (Å²) in [5, 5.41) is 13.4. The maximum atomic E-state index is 9.34. The highest BCUT2D eigenvalue weighted by atomic mass is 16.3. The van der Waals surface area contributed by atoms with Gasteiger partial charge in [0, 0.05) is 13.6 Å². The van der Waals surface area contributed by atoms with Crippen LogP contribution in [0.2, 0.25) is 0 Å². The molecule has 0 saturated carbocycles. The van der Waals surface area contributed by atoms with Gasteiger partial charge in [-0.2, -0.15) is 5.10 Å². The molecule has 0 aliphatic carbocycles. The van der Waals surface area contributed by atoms with Crippen molar-refractivity contribution in [1.82, 2.24) is 9.78 Å². The predicted octanol–water partition coefficient (Wildman–Crippen LogP) is -0.279. The average molecular weight is 155 g/mol. The number of aliphatic hydroxyl groups excluding tert-OH is 1. The second-order valence-electron chi connectivity index (χ2n) is 2.59. The highest BCUT2D eigenvalue weighted by Gasteiger charge is 2.09. The van der Waals surface area contributed by atoms with Crippen molar-refractivity contribution in [2.75, 3.05) is 6.54 Å². The van der Waals surface area contributed by atoms with E-state index in [1.54, 1.807) is 11.7 Å². The van der Waals surface area contributed by atoms with Crippen molar-refractivity contribution in [3.8, 4) is 0 Å². The third kappa shape index (κ3) is 1.58. The Hall–Kier alpha value is -0.870. The summed E-state index contributed by atoms with van der Waals surface area (Å²) in [5.74, 6) is 0. The lowest BCUT2D eigenvalue weighted by Crippen LogP contribution is -2.14. The number of aromatic nitrogens is 2. The van der Waals surface area contributed by atoms with Gasteiger partial charge in [0.05, 0.1) is 11.4 Å². The van der Waals surface area contributed by atoms with E-state index in [0.29, 0.717) is 0 Å². The molecule has 62 valence electrons. The van der Waals surface area contributed by atoms with Crippen LogP contribution in [0.25, 0.3) is 0 Å². The number of rotatable bonds is 2. The quantitative estimate of drug-likeness (QED) is 0.617. The van der Waals surface area contributed by atoms with E-state index < -0.39 is 6.10 Å². The molecule has 4 heteroatoms. The van der Waals surface area contributed by atoms with Crippen LogP contribution in [-0.2, 0) is 7.05 Å². The van der Waals surface area contributed by atoms with Crippen LogP contribution >= 0.6 is 0 Å². The molecule has 0 amide bonds. The zero-order chi connectivity index (χ0) is 8.43. The van der Waals surface area contributed by atoms with Gasteiger partial charge in [-0.05, 0) is 13.0 Å². The van der Waals surface area contributed by atoms with Crippen molar-refractivity contribution in [2.45, 2.75) is 13.0 Å². The second kappa shape index (κ2) is 3.02. The maximum Gasteiger partial charge on any atom is 0.108 e. The van der Waals surface area contributed by atoms with Crippen molar-refractivity contribution in [3.63, 3.8) is 0 Å². The second-order valence-corrected chi connectivity index (χ2v) is 2.59. The molecule has 1 aromatic rings. The molecular weight excluding hydrogens is 142 g/mol. The maximum absolute atomic E-state index is 9.34. The van der Waals surface area contributed by atoms with E-state index in [1.807, 2.05) is 13.0 Å². The van der Waals surface area contributed by atoms with E-state index in [2.05, 4.69) is 5.10 Å². The smallest absolute Gasteiger partial charge is 0.108 e. The van der Waals surface area contributed by atoms with Crippen molar-refractivity contribution in [3.05, 3.63) is 17.5 Å². The monoisotopic (exact) mass is 155 g/mol. The third-order valence-electron chi connectivity index (χ3n) is 1.60. The molecule has 0 unspecified atom stereocenters. The Labute approximate surface area is 65.6 Å². The van der Waals surface area contributed by atoms with Gasteiger partial charge in [-0.25, -0.2) is 0 Å². The van der Waals surface area contributed by atoms with Crippen molar-refractivity contribution >= 4 is 0 Å². The van der Waals surface area contributed by atoms with Crippen LogP contribution in [0, 0.1) is 6.92 Å². The molecule has 0 spiro atoms. The molecule has 1 rings (SSSR count). The van der Waals surface area contributed by atoms with Gasteiger partial charge < -0.3 is 10.8 Å². The molecule has 3 N–H and O–H groups in total. The minimum Gasteiger partial charge on any atom is -0.385 e. The lowest BCUT2D eigenvalue weighted by atomic mass is 10.2. The van der Waals surface area contributed by atoms with Gasteiger partial charge in [0.1, 0.15) is 6.10 Å². The van der Waals surface area contributed by atoms with Gasteiger partial charge in [0.15, 0.2) is 0 Å². The first-order valence-corrected chi connectivity index (χ1v) is 3.54. The number of hydrogen-bond donors (Lipinski definition) is 2. The largest absolute Gasteiger partial charge is 0.385 e. The topological polar surface area (TPSA) is 64.1 Å². The van der Waals surface area contributed by atoms with Gasteiger partial charge in [0.25, 0.3) is 0 Å². The molecule has 4 nitrogen and oxygen atoms in total. The van der Waals surface area contributed by atoms with Gasteiger partial charge >= 0.3 is 0 Å². The van der Waals surface area contributed by atoms with Crippen molar-refractivity contribution in [2.24, 2.45) is 12.8 Å². The predicted molar refractivity (Wildman–Crippen MR) is 42.0 cm³/mol. The molecule has 1 atom stereocenters. The zero-order valence-electron chi connectivity index (χ0n) is 6.78. The number of aryl methyl sites for hydroxylation is 2. The molecule has 0 bridgehead atoms.